The first kappa shape index (κ1) is 31.5. The van der Waals surface area contributed by atoms with E-state index >= 15 is 0 Å². The van der Waals surface area contributed by atoms with Crippen LogP contribution >= 0.6 is 11.6 Å². The Bertz CT molecular complexity index is 679. The van der Waals surface area contributed by atoms with E-state index in [1.165, 1.54) is 6.07 Å². The molecule has 10 nitrogen and oxygen atoms in total. The second-order valence-electron chi connectivity index (χ2n) is 7.68. The molecule has 0 fully saturated rings. The van der Waals surface area contributed by atoms with Gasteiger partial charge in [-0.15, -0.1) is 11.6 Å². The number of benzene rings is 1. The van der Waals surface area contributed by atoms with Crippen LogP contribution in [0.2, 0.25) is 0 Å². The zero-order chi connectivity index (χ0) is 25.6. The van der Waals surface area contributed by atoms with Crippen LogP contribution in [0, 0.1) is 17.0 Å². The van der Waals surface area contributed by atoms with E-state index in [0.717, 1.165) is 38.2 Å². The molecule has 0 saturated heterocycles. The molecule has 0 radical (unpaired) electrons. The molecule has 0 aliphatic carbocycles. The standard InChI is InChI=1S/C24H40ClNO9/c1-21-18-22(20-27)23(26(28)29)19-24(21)35-17-16-34-15-14-33-13-12-32-11-10-31-9-8-30-7-5-3-2-4-6-25/h18-19,27H,2-17,20H2,1H3. The zero-order valence-electron chi connectivity index (χ0n) is 20.7. The van der Waals surface area contributed by atoms with Crippen LogP contribution in [0.25, 0.3) is 0 Å². The van der Waals surface area contributed by atoms with E-state index in [1.807, 2.05) is 0 Å². The van der Waals surface area contributed by atoms with Crippen molar-refractivity contribution in [2.45, 2.75) is 39.2 Å². The van der Waals surface area contributed by atoms with Gasteiger partial charge in [-0.2, -0.15) is 0 Å². The second kappa shape index (κ2) is 21.7. The summed E-state index contributed by atoms with van der Waals surface area (Å²) >= 11 is 5.63. The Morgan fingerprint density at radius 1 is 0.771 bits per heavy atom. The minimum Gasteiger partial charge on any atom is -0.491 e. The number of unbranched alkanes of at least 4 members (excludes halogenated alkanes) is 3. The molecule has 35 heavy (non-hydrogen) atoms. The van der Waals surface area contributed by atoms with Crippen LogP contribution in [0.4, 0.5) is 5.69 Å². The van der Waals surface area contributed by atoms with E-state index in [1.54, 1.807) is 13.0 Å². The monoisotopic (exact) mass is 521 g/mol. The van der Waals surface area contributed by atoms with Crippen molar-refractivity contribution in [3.05, 3.63) is 33.4 Å². The highest BCUT2D eigenvalue weighted by atomic mass is 35.5. The molecule has 0 saturated carbocycles. The van der Waals surface area contributed by atoms with Gasteiger partial charge >= 0.3 is 0 Å². The Morgan fingerprint density at radius 2 is 1.26 bits per heavy atom. The van der Waals surface area contributed by atoms with E-state index < -0.39 is 11.5 Å². The number of nitro groups is 1. The van der Waals surface area contributed by atoms with Gasteiger partial charge in [0, 0.05) is 12.5 Å². The third-order valence-electron chi connectivity index (χ3n) is 4.89. The Balaban J connectivity index is 1.88. The number of rotatable bonds is 24. The smallest absolute Gasteiger partial charge is 0.278 e. The molecular weight excluding hydrogens is 482 g/mol. The molecule has 0 aliphatic heterocycles. The second-order valence-corrected chi connectivity index (χ2v) is 8.05. The highest BCUT2D eigenvalue weighted by Gasteiger charge is 2.16. The first-order valence-electron chi connectivity index (χ1n) is 12.1. The summed E-state index contributed by atoms with van der Waals surface area (Å²) in [7, 11) is 0. The lowest BCUT2D eigenvalue weighted by Gasteiger charge is -2.11. The molecule has 0 aromatic heterocycles. The van der Waals surface area contributed by atoms with Gasteiger partial charge in [0.1, 0.15) is 12.4 Å². The van der Waals surface area contributed by atoms with Crippen LogP contribution in [-0.4, -0.2) is 88.6 Å². The molecule has 0 heterocycles. The largest absolute Gasteiger partial charge is 0.491 e. The maximum absolute atomic E-state index is 11.1. The van der Waals surface area contributed by atoms with Gasteiger partial charge in [0.05, 0.1) is 82.6 Å². The van der Waals surface area contributed by atoms with Gasteiger partial charge in [-0.1, -0.05) is 12.8 Å². The third kappa shape index (κ3) is 16.0. The van der Waals surface area contributed by atoms with Gasteiger partial charge in [-0.3, -0.25) is 10.1 Å². The quantitative estimate of drug-likeness (QED) is 0.0940. The van der Waals surface area contributed by atoms with Crippen molar-refractivity contribution in [1.29, 1.82) is 0 Å². The summed E-state index contributed by atoms with van der Waals surface area (Å²) in [5.41, 5.74) is 0.812. The SMILES string of the molecule is Cc1cc(CO)c([N+](=O)[O-])cc1OCCOCCOCCOCCOCCOCCCCCCCl. The van der Waals surface area contributed by atoms with Crippen LogP contribution in [0.1, 0.15) is 36.8 Å². The highest BCUT2D eigenvalue weighted by Crippen LogP contribution is 2.28. The molecule has 1 rings (SSSR count). The normalized spacial score (nSPS) is 11.2. The third-order valence-corrected chi connectivity index (χ3v) is 5.16. The Hall–Kier alpha value is -1.53. The van der Waals surface area contributed by atoms with Crippen LogP contribution in [-0.2, 0) is 30.3 Å². The first-order chi connectivity index (χ1) is 17.1. The van der Waals surface area contributed by atoms with Crippen molar-refractivity contribution >= 4 is 17.3 Å². The molecule has 0 amide bonds. The van der Waals surface area contributed by atoms with E-state index in [0.29, 0.717) is 70.8 Å². The van der Waals surface area contributed by atoms with E-state index in [4.69, 9.17) is 40.0 Å². The van der Waals surface area contributed by atoms with Crippen LogP contribution in [0.3, 0.4) is 0 Å². The van der Waals surface area contributed by atoms with E-state index in [9.17, 15) is 15.2 Å². The van der Waals surface area contributed by atoms with Crippen molar-refractivity contribution < 1.29 is 38.5 Å². The number of halogens is 1. The number of hydrogen-bond donors (Lipinski definition) is 1. The fourth-order valence-electron chi connectivity index (χ4n) is 3.03. The van der Waals surface area contributed by atoms with Gasteiger partial charge in [0.15, 0.2) is 0 Å². The summed E-state index contributed by atoms with van der Waals surface area (Å²) < 4.78 is 32.8. The average molecular weight is 522 g/mol. The molecule has 0 unspecified atom stereocenters. The number of ether oxygens (including phenoxy) is 6. The minimum atomic E-state index is -0.535. The number of aliphatic hydroxyl groups is 1. The Labute approximate surface area is 212 Å². The summed E-state index contributed by atoms with van der Waals surface area (Å²) in [5, 5.41) is 20.3. The molecule has 0 spiro atoms. The summed E-state index contributed by atoms with van der Waals surface area (Å²) in [6, 6.07) is 2.88. The zero-order valence-corrected chi connectivity index (χ0v) is 21.5. The Kier molecular flexibility index (Phi) is 19.6. The lowest BCUT2D eigenvalue weighted by molar-refractivity contribution is -0.385. The van der Waals surface area contributed by atoms with Gasteiger partial charge in [0.2, 0.25) is 0 Å². The topological polar surface area (TPSA) is 119 Å². The molecule has 0 atom stereocenters. The van der Waals surface area contributed by atoms with Crippen molar-refractivity contribution in [3.63, 3.8) is 0 Å². The highest BCUT2D eigenvalue weighted by molar-refractivity contribution is 6.17. The Morgan fingerprint density at radius 3 is 1.74 bits per heavy atom. The number of aryl methyl sites for hydroxylation is 1. The lowest BCUT2D eigenvalue weighted by Crippen LogP contribution is -2.14. The summed E-state index contributed by atoms with van der Waals surface area (Å²) in [4.78, 5) is 10.6. The van der Waals surface area contributed by atoms with Crippen LogP contribution < -0.4 is 4.74 Å². The molecule has 11 heteroatoms. The number of alkyl halides is 1. The lowest BCUT2D eigenvalue weighted by atomic mass is 10.1. The van der Waals surface area contributed by atoms with Gasteiger partial charge in [-0.05, 0) is 31.4 Å². The predicted octanol–water partition coefficient (Wildman–Crippen LogP) is 3.66. The summed E-state index contributed by atoms with van der Waals surface area (Å²) in [5.74, 6) is 1.13. The number of hydrogen-bond acceptors (Lipinski definition) is 9. The molecule has 1 aromatic carbocycles. The summed E-state index contributed by atoms with van der Waals surface area (Å²) in [6.45, 7) is 6.67. The van der Waals surface area contributed by atoms with Crippen molar-refractivity contribution in [3.8, 4) is 5.75 Å². The van der Waals surface area contributed by atoms with E-state index in [-0.39, 0.29) is 17.9 Å². The molecule has 202 valence electrons. The average Bonchev–Trinajstić information content (AvgIpc) is 2.85. The number of aliphatic hydroxyl groups excluding tert-OH is 1. The predicted molar refractivity (Wildman–Crippen MR) is 133 cm³/mol. The van der Waals surface area contributed by atoms with Crippen molar-refractivity contribution in [2.24, 2.45) is 0 Å². The number of nitro benzene ring substituents is 1. The molecule has 1 aromatic rings. The fourth-order valence-corrected chi connectivity index (χ4v) is 3.22. The molecule has 0 bridgehead atoms. The maximum atomic E-state index is 11.1. The van der Waals surface area contributed by atoms with Crippen molar-refractivity contribution in [2.75, 3.05) is 78.6 Å². The molecule has 0 aliphatic rings. The molecular formula is C24H40ClNO9. The number of nitrogens with zero attached hydrogens (tertiary/aromatic N) is 1. The first-order valence-corrected chi connectivity index (χ1v) is 12.6. The summed E-state index contributed by atoms with van der Waals surface area (Å²) in [6.07, 6.45) is 4.44. The van der Waals surface area contributed by atoms with Gasteiger partial charge < -0.3 is 33.5 Å². The minimum absolute atomic E-state index is 0.162. The van der Waals surface area contributed by atoms with Crippen LogP contribution in [0.5, 0.6) is 5.75 Å². The van der Waals surface area contributed by atoms with E-state index in [2.05, 4.69) is 0 Å². The van der Waals surface area contributed by atoms with Crippen molar-refractivity contribution in [1.82, 2.24) is 0 Å². The van der Waals surface area contributed by atoms with Crippen LogP contribution in [0.15, 0.2) is 12.1 Å². The van der Waals surface area contributed by atoms with Gasteiger partial charge in [-0.25, -0.2) is 0 Å². The molecule has 1 N–H and O–H groups in total. The fraction of sp³-hybridized carbons (Fsp3) is 0.750. The maximum Gasteiger partial charge on any atom is 0.278 e. The van der Waals surface area contributed by atoms with Gasteiger partial charge in [0.25, 0.3) is 5.69 Å².